The molecule has 1 aromatic carbocycles. The van der Waals surface area contributed by atoms with E-state index in [9.17, 15) is 5.11 Å². The highest BCUT2D eigenvalue weighted by molar-refractivity contribution is 5.83. The summed E-state index contributed by atoms with van der Waals surface area (Å²) in [6.07, 6.45) is 3.14. The smallest absolute Gasteiger partial charge is 0.0494 e. The highest BCUT2D eigenvalue weighted by atomic mass is 16.3. The van der Waals surface area contributed by atoms with E-state index in [0.717, 1.165) is 19.5 Å². The van der Waals surface area contributed by atoms with E-state index in [0.29, 0.717) is 0 Å². The third-order valence-electron chi connectivity index (χ3n) is 3.56. The van der Waals surface area contributed by atoms with E-state index < -0.39 is 0 Å². The van der Waals surface area contributed by atoms with Crippen molar-refractivity contribution >= 4 is 10.9 Å². The van der Waals surface area contributed by atoms with Crippen LogP contribution in [0.1, 0.15) is 19.4 Å². The first-order chi connectivity index (χ1) is 9.02. The number of aromatic nitrogens is 1. The van der Waals surface area contributed by atoms with Crippen molar-refractivity contribution < 1.29 is 5.11 Å². The molecule has 1 aromatic heterocycles. The largest absolute Gasteiger partial charge is 0.396 e. The summed E-state index contributed by atoms with van der Waals surface area (Å²) in [5.74, 6) is 0. The molecule has 0 aliphatic carbocycles. The predicted molar refractivity (Wildman–Crippen MR) is 80.4 cm³/mol. The molecule has 2 rings (SSSR count). The van der Waals surface area contributed by atoms with Crippen molar-refractivity contribution in [2.45, 2.75) is 20.3 Å². The minimum absolute atomic E-state index is 0.0328. The van der Waals surface area contributed by atoms with Crippen molar-refractivity contribution in [3.63, 3.8) is 0 Å². The van der Waals surface area contributed by atoms with E-state index in [1.165, 1.54) is 16.5 Å². The molecule has 0 bridgehead atoms. The molecule has 0 unspecified atom stereocenters. The number of aliphatic hydroxyl groups excluding tert-OH is 1. The monoisotopic (exact) mass is 260 g/mol. The molecule has 0 amide bonds. The number of rotatable bonds is 6. The van der Waals surface area contributed by atoms with E-state index in [1.54, 1.807) is 0 Å². The summed E-state index contributed by atoms with van der Waals surface area (Å²) in [4.78, 5) is 5.60. The second-order valence-corrected chi connectivity index (χ2v) is 6.17. The van der Waals surface area contributed by atoms with E-state index >= 15 is 0 Å². The van der Waals surface area contributed by atoms with Gasteiger partial charge in [-0.3, -0.25) is 0 Å². The fourth-order valence-corrected chi connectivity index (χ4v) is 2.51. The van der Waals surface area contributed by atoms with Crippen molar-refractivity contribution in [2.75, 3.05) is 26.7 Å². The molecule has 0 atom stereocenters. The van der Waals surface area contributed by atoms with Crippen LogP contribution in [0.5, 0.6) is 0 Å². The van der Waals surface area contributed by atoms with Crippen molar-refractivity contribution in [1.82, 2.24) is 9.88 Å². The molecule has 104 valence electrons. The predicted octanol–water partition coefficient (Wildman–Crippen LogP) is 2.66. The lowest BCUT2D eigenvalue weighted by molar-refractivity contribution is 0.116. The minimum Gasteiger partial charge on any atom is -0.396 e. The van der Waals surface area contributed by atoms with Gasteiger partial charge in [0.05, 0.1) is 0 Å². The molecule has 3 nitrogen and oxygen atoms in total. The van der Waals surface area contributed by atoms with E-state index in [2.05, 4.69) is 61.2 Å². The maximum atomic E-state index is 9.30. The van der Waals surface area contributed by atoms with Crippen LogP contribution in [0.4, 0.5) is 0 Å². The number of benzene rings is 1. The summed E-state index contributed by atoms with van der Waals surface area (Å²) in [6.45, 7) is 6.33. The number of hydrogen-bond donors (Lipinski definition) is 2. The van der Waals surface area contributed by atoms with Crippen molar-refractivity contribution in [1.29, 1.82) is 0 Å². The van der Waals surface area contributed by atoms with Gasteiger partial charge in [0, 0.05) is 42.2 Å². The zero-order valence-corrected chi connectivity index (χ0v) is 12.1. The summed E-state index contributed by atoms with van der Waals surface area (Å²) in [5, 5.41) is 10.6. The molecule has 2 N–H and O–H groups in total. The Morgan fingerprint density at radius 1 is 1.26 bits per heavy atom. The Kier molecular flexibility index (Phi) is 4.27. The van der Waals surface area contributed by atoms with Gasteiger partial charge in [0.15, 0.2) is 0 Å². The third kappa shape index (κ3) is 3.58. The number of aliphatic hydroxyl groups is 1. The molecule has 1 heterocycles. The average Bonchev–Trinajstić information content (AvgIpc) is 2.79. The highest BCUT2D eigenvalue weighted by Crippen LogP contribution is 2.19. The number of hydrogen-bond acceptors (Lipinski definition) is 2. The number of H-pyrrole nitrogens is 1. The lowest BCUT2D eigenvalue weighted by Crippen LogP contribution is -2.35. The highest BCUT2D eigenvalue weighted by Gasteiger charge is 2.18. The molecule has 0 saturated heterocycles. The fraction of sp³-hybridized carbons (Fsp3) is 0.500. The van der Waals surface area contributed by atoms with Gasteiger partial charge in [0.1, 0.15) is 0 Å². The Labute approximate surface area is 115 Å². The Balaban J connectivity index is 1.95. The molecule has 0 spiro atoms. The quantitative estimate of drug-likeness (QED) is 0.838. The van der Waals surface area contributed by atoms with Gasteiger partial charge in [0.2, 0.25) is 0 Å². The fourth-order valence-electron chi connectivity index (χ4n) is 2.51. The standard InChI is InChI=1S/C16H24N2O/c1-16(2,12-19)11-18(3)9-8-13-10-17-15-7-5-4-6-14(13)15/h4-7,10,17,19H,8-9,11-12H2,1-3H3. The molecule has 19 heavy (non-hydrogen) atoms. The van der Waals surface area contributed by atoms with Crippen LogP contribution in [-0.4, -0.2) is 41.7 Å². The van der Waals surface area contributed by atoms with Crippen LogP contribution < -0.4 is 0 Å². The van der Waals surface area contributed by atoms with Crippen molar-refractivity contribution in [3.05, 3.63) is 36.0 Å². The lowest BCUT2D eigenvalue weighted by Gasteiger charge is -2.28. The van der Waals surface area contributed by atoms with Gasteiger partial charge in [-0.15, -0.1) is 0 Å². The SMILES string of the molecule is CN(CCc1c[nH]c2ccccc12)CC(C)(C)CO. The van der Waals surface area contributed by atoms with Crippen LogP contribution in [0.3, 0.4) is 0 Å². The number of fused-ring (bicyclic) bond motifs is 1. The molecular weight excluding hydrogens is 236 g/mol. The topological polar surface area (TPSA) is 39.3 Å². The van der Waals surface area contributed by atoms with Crippen LogP contribution in [0.25, 0.3) is 10.9 Å². The number of nitrogens with zero attached hydrogens (tertiary/aromatic N) is 1. The number of para-hydroxylation sites is 1. The molecule has 0 fully saturated rings. The van der Waals surface area contributed by atoms with Gasteiger partial charge < -0.3 is 15.0 Å². The summed E-state index contributed by atoms with van der Waals surface area (Å²) in [5.41, 5.74) is 2.54. The first-order valence-electron chi connectivity index (χ1n) is 6.86. The van der Waals surface area contributed by atoms with Crippen LogP contribution in [0.15, 0.2) is 30.5 Å². The van der Waals surface area contributed by atoms with E-state index in [1.807, 2.05) is 0 Å². The van der Waals surface area contributed by atoms with Gasteiger partial charge in [0.25, 0.3) is 0 Å². The maximum absolute atomic E-state index is 9.30. The van der Waals surface area contributed by atoms with Crippen LogP contribution >= 0.6 is 0 Å². The molecule has 0 radical (unpaired) electrons. The number of nitrogens with one attached hydrogen (secondary N) is 1. The molecule has 0 aliphatic heterocycles. The van der Waals surface area contributed by atoms with Gasteiger partial charge in [-0.05, 0) is 25.1 Å². The number of likely N-dealkylation sites (N-methyl/N-ethyl adjacent to an activating group) is 1. The number of aromatic amines is 1. The third-order valence-corrected chi connectivity index (χ3v) is 3.56. The molecular formula is C16H24N2O. The Morgan fingerprint density at radius 3 is 2.74 bits per heavy atom. The minimum atomic E-state index is -0.0328. The first-order valence-corrected chi connectivity index (χ1v) is 6.86. The second kappa shape index (κ2) is 5.76. The summed E-state index contributed by atoms with van der Waals surface area (Å²) in [7, 11) is 2.12. The van der Waals surface area contributed by atoms with Gasteiger partial charge in [-0.1, -0.05) is 32.0 Å². The molecule has 2 aromatic rings. The Hall–Kier alpha value is -1.32. The zero-order valence-electron chi connectivity index (χ0n) is 12.1. The average molecular weight is 260 g/mol. The van der Waals surface area contributed by atoms with Crippen LogP contribution in [0, 0.1) is 5.41 Å². The summed E-state index contributed by atoms with van der Waals surface area (Å²) >= 11 is 0. The second-order valence-electron chi connectivity index (χ2n) is 6.17. The van der Waals surface area contributed by atoms with Gasteiger partial charge in [-0.25, -0.2) is 0 Å². The van der Waals surface area contributed by atoms with Gasteiger partial charge in [-0.2, -0.15) is 0 Å². The Bertz CT molecular complexity index is 530. The van der Waals surface area contributed by atoms with E-state index in [-0.39, 0.29) is 12.0 Å². The van der Waals surface area contributed by atoms with Gasteiger partial charge >= 0.3 is 0 Å². The molecule has 3 heteroatoms. The zero-order chi connectivity index (χ0) is 13.9. The van der Waals surface area contributed by atoms with Crippen LogP contribution in [-0.2, 0) is 6.42 Å². The first kappa shape index (κ1) is 14.1. The summed E-state index contributed by atoms with van der Waals surface area (Å²) in [6, 6.07) is 8.41. The normalized spacial score (nSPS) is 12.5. The summed E-state index contributed by atoms with van der Waals surface area (Å²) < 4.78 is 0. The molecule has 0 saturated carbocycles. The van der Waals surface area contributed by atoms with Crippen molar-refractivity contribution in [2.24, 2.45) is 5.41 Å². The Morgan fingerprint density at radius 2 is 2.00 bits per heavy atom. The van der Waals surface area contributed by atoms with Crippen LogP contribution in [0.2, 0.25) is 0 Å². The van der Waals surface area contributed by atoms with Crippen molar-refractivity contribution in [3.8, 4) is 0 Å². The maximum Gasteiger partial charge on any atom is 0.0494 e. The molecule has 0 aliphatic rings. The van der Waals surface area contributed by atoms with E-state index in [4.69, 9.17) is 0 Å². The lowest BCUT2D eigenvalue weighted by atomic mass is 9.94.